The van der Waals surface area contributed by atoms with Crippen molar-refractivity contribution in [2.45, 2.75) is 43.4 Å². The van der Waals surface area contributed by atoms with Gasteiger partial charge in [0.05, 0.1) is 29.6 Å². The summed E-state index contributed by atoms with van der Waals surface area (Å²) in [5.41, 5.74) is 0.480. The van der Waals surface area contributed by atoms with E-state index in [-0.39, 0.29) is 23.4 Å². The summed E-state index contributed by atoms with van der Waals surface area (Å²) in [6.07, 6.45) is 12.2. The topological polar surface area (TPSA) is 140 Å². The van der Waals surface area contributed by atoms with E-state index in [2.05, 4.69) is 27.8 Å². The lowest BCUT2D eigenvalue weighted by Crippen LogP contribution is -2.49. The number of carbonyl (C=O) groups excluding carboxylic acids is 2. The molecule has 1 aliphatic heterocycles. The van der Waals surface area contributed by atoms with Crippen molar-refractivity contribution in [3.8, 4) is 0 Å². The number of rotatable bonds is 14. The maximum absolute atomic E-state index is 13.8. The molecule has 3 atom stereocenters. The summed E-state index contributed by atoms with van der Waals surface area (Å²) in [5.74, 6) is -0.499. The van der Waals surface area contributed by atoms with Crippen molar-refractivity contribution >= 4 is 27.5 Å². The summed E-state index contributed by atoms with van der Waals surface area (Å²) in [5, 5.41) is 23.9. The fourth-order valence-corrected chi connectivity index (χ4v) is 6.02. The summed E-state index contributed by atoms with van der Waals surface area (Å²) < 4.78 is 25.9. The Morgan fingerprint density at radius 1 is 1.11 bits per heavy atom. The van der Waals surface area contributed by atoms with Crippen LogP contribution in [0.2, 0.25) is 0 Å². The van der Waals surface area contributed by atoms with Crippen molar-refractivity contribution < 1.29 is 23.1 Å². The zero-order valence-electron chi connectivity index (χ0n) is 26.0. The molecule has 2 aliphatic rings. The summed E-state index contributed by atoms with van der Waals surface area (Å²) >= 11 is 0. The number of allylic oxidation sites excluding steroid dienone is 2. The average Bonchev–Trinajstić information content (AvgIpc) is 3.04. The minimum atomic E-state index is -3.70. The van der Waals surface area contributed by atoms with Gasteiger partial charge in [-0.25, -0.2) is 8.42 Å². The highest BCUT2D eigenvalue weighted by Gasteiger charge is 2.28. The van der Waals surface area contributed by atoms with E-state index in [9.17, 15) is 23.1 Å². The fourth-order valence-electron chi connectivity index (χ4n) is 5.53. The first-order chi connectivity index (χ1) is 21.5. The van der Waals surface area contributed by atoms with Crippen LogP contribution in [0.5, 0.6) is 0 Å². The van der Waals surface area contributed by atoms with Gasteiger partial charge in [0.2, 0.25) is 10.0 Å². The van der Waals surface area contributed by atoms with Gasteiger partial charge in [-0.15, -0.1) is 6.58 Å². The van der Waals surface area contributed by atoms with Gasteiger partial charge in [-0.3, -0.25) is 13.9 Å². The number of benzene rings is 2. The molecule has 242 valence electrons. The van der Waals surface area contributed by atoms with E-state index >= 15 is 0 Å². The maximum atomic E-state index is 13.8. The molecule has 2 aromatic rings. The first kappa shape index (κ1) is 34.1. The van der Waals surface area contributed by atoms with E-state index < -0.39 is 39.5 Å². The van der Waals surface area contributed by atoms with Gasteiger partial charge < -0.3 is 26.4 Å². The predicted octanol–water partition coefficient (Wildman–Crippen LogP) is 2.54. The van der Waals surface area contributed by atoms with Crippen LogP contribution >= 0.6 is 0 Å². The Bertz CT molecular complexity index is 1500. The molecule has 1 aliphatic carbocycles. The first-order valence-electron chi connectivity index (χ1n) is 15.3. The second kappa shape index (κ2) is 15.5. The molecule has 3 unspecified atom stereocenters. The Hall–Kier alpha value is -3.77. The molecule has 1 heterocycles. The van der Waals surface area contributed by atoms with Crippen molar-refractivity contribution in [3.05, 3.63) is 102 Å². The van der Waals surface area contributed by atoms with Crippen LogP contribution in [0.1, 0.15) is 45.5 Å². The first-order valence-corrected chi connectivity index (χ1v) is 17.2. The number of hydrogen-bond acceptors (Lipinski definition) is 7. The largest absolute Gasteiger partial charge is 0.390 e. The number of sulfonamides is 1. The number of aliphatic hydroxyl groups excluding tert-OH is 1. The highest BCUT2D eigenvalue weighted by Crippen LogP contribution is 2.24. The highest BCUT2D eigenvalue weighted by atomic mass is 32.2. The van der Waals surface area contributed by atoms with Gasteiger partial charge in [0.25, 0.3) is 11.8 Å². The number of aliphatic hydroxyl groups is 1. The van der Waals surface area contributed by atoms with Crippen LogP contribution in [0, 0.1) is 5.92 Å². The molecule has 0 saturated carbocycles. The molecule has 45 heavy (non-hydrogen) atoms. The smallest absolute Gasteiger partial charge is 0.252 e. The third kappa shape index (κ3) is 9.61. The van der Waals surface area contributed by atoms with Crippen LogP contribution in [0.15, 0.2) is 85.5 Å². The van der Waals surface area contributed by atoms with E-state index in [0.717, 1.165) is 48.6 Å². The molecular formula is C34H45N5O5S. The Morgan fingerprint density at radius 3 is 2.42 bits per heavy atom. The molecule has 10 nitrogen and oxygen atoms in total. The van der Waals surface area contributed by atoms with Crippen LogP contribution < -0.4 is 25.6 Å². The number of carbonyl (C=O) groups is 2. The number of anilines is 1. The van der Waals surface area contributed by atoms with Crippen molar-refractivity contribution in [1.29, 1.82) is 0 Å². The van der Waals surface area contributed by atoms with Crippen molar-refractivity contribution in [2.24, 2.45) is 5.92 Å². The zero-order valence-corrected chi connectivity index (χ0v) is 26.9. The molecule has 1 saturated heterocycles. The van der Waals surface area contributed by atoms with Gasteiger partial charge in [0.1, 0.15) is 0 Å². The van der Waals surface area contributed by atoms with Crippen LogP contribution in [0.25, 0.3) is 0 Å². The lowest BCUT2D eigenvalue weighted by molar-refractivity contribution is 0.0827. The highest BCUT2D eigenvalue weighted by molar-refractivity contribution is 7.92. The predicted molar refractivity (Wildman–Crippen MR) is 179 cm³/mol. The Labute approximate surface area is 266 Å². The summed E-state index contributed by atoms with van der Waals surface area (Å²) in [6, 6.07) is 13.2. The standard InChI is InChI=1S/C34H45N5O5S/c1-4-34(15-9-6-10-16-34)38-33(42)28-20-27(21-29(22-28)39(2)45(3,43)44)32(41)37-30(19-25-11-7-5-8-12-25)31(40)24-36-23-26-13-17-35-18-14-26/h4-12,15,20-22,26,30-31,35-36,40H,1,13-14,16-19,23-24H2,2-3H3,(H,37,41)(H,38,42). The number of nitrogens with one attached hydrogen (secondary N) is 4. The zero-order chi connectivity index (χ0) is 32.5. The molecule has 0 bridgehead atoms. The molecule has 0 radical (unpaired) electrons. The monoisotopic (exact) mass is 635 g/mol. The minimum Gasteiger partial charge on any atom is -0.390 e. The fraction of sp³-hybridized carbons (Fsp3) is 0.412. The molecule has 5 N–H and O–H groups in total. The molecule has 11 heteroatoms. The number of piperidine rings is 1. The van der Waals surface area contributed by atoms with Gasteiger partial charge >= 0.3 is 0 Å². The van der Waals surface area contributed by atoms with Gasteiger partial charge in [0.15, 0.2) is 0 Å². The van der Waals surface area contributed by atoms with Gasteiger partial charge in [-0.1, -0.05) is 60.7 Å². The molecule has 1 fully saturated rings. The normalized spacial score (nSPS) is 19.8. The van der Waals surface area contributed by atoms with Crippen molar-refractivity contribution in [1.82, 2.24) is 21.3 Å². The third-order valence-corrected chi connectivity index (χ3v) is 9.64. The van der Waals surface area contributed by atoms with E-state index in [1.807, 2.05) is 54.6 Å². The molecule has 0 aromatic heterocycles. The second-order valence-corrected chi connectivity index (χ2v) is 13.9. The average molecular weight is 636 g/mol. The van der Waals surface area contributed by atoms with Crippen LogP contribution in [-0.2, 0) is 16.4 Å². The summed E-state index contributed by atoms with van der Waals surface area (Å²) in [4.78, 5) is 27.3. The second-order valence-electron chi connectivity index (χ2n) is 11.9. The lowest BCUT2D eigenvalue weighted by atomic mass is 9.91. The van der Waals surface area contributed by atoms with Crippen LogP contribution in [0.3, 0.4) is 0 Å². The molecule has 4 rings (SSSR count). The Kier molecular flexibility index (Phi) is 11.7. The van der Waals surface area contributed by atoms with E-state index in [0.29, 0.717) is 18.8 Å². The lowest BCUT2D eigenvalue weighted by Gasteiger charge is -2.29. The number of amides is 2. The van der Waals surface area contributed by atoms with Gasteiger partial charge in [-0.05, 0) is 75.0 Å². The quantitative estimate of drug-likeness (QED) is 0.201. The van der Waals surface area contributed by atoms with Crippen LogP contribution in [-0.4, -0.2) is 82.5 Å². The van der Waals surface area contributed by atoms with Crippen molar-refractivity contribution in [3.63, 3.8) is 0 Å². The van der Waals surface area contributed by atoms with Crippen molar-refractivity contribution in [2.75, 3.05) is 43.8 Å². The molecular weight excluding hydrogens is 590 g/mol. The number of hydrogen-bond donors (Lipinski definition) is 5. The molecule has 0 spiro atoms. The minimum absolute atomic E-state index is 0.0906. The third-order valence-electron chi connectivity index (χ3n) is 8.43. The summed E-state index contributed by atoms with van der Waals surface area (Å²) in [7, 11) is -2.34. The van der Waals surface area contributed by atoms with Crippen LogP contribution in [0.4, 0.5) is 5.69 Å². The SMILES string of the molecule is C=CC1(NC(=O)c2cc(C(=O)NC(Cc3ccccc3)C(O)CNCC3CCNCC3)cc(N(C)S(C)(=O)=O)c2)C=CC=CC1. The maximum Gasteiger partial charge on any atom is 0.252 e. The van der Waals surface area contributed by atoms with Gasteiger partial charge in [0, 0.05) is 24.7 Å². The van der Waals surface area contributed by atoms with Gasteiger partial charge in [-0.2, -0.15) is 0 Å². The van der Waals surface area contributed by atoms with E-state index in [1.165, 1.54) is 25.2 Å². The number of nitrogens with zero attached hydrogens (tertiary/aromatic N) is 1. The van der Waals surface area contributed by atoms with E-state index in [1.54, 1.807) is 6.08 Å². The Balaban J connectivity index is 1.58. The summed E-state index contributed by atoms with van der Waals surface area (Å²) in [6.45, 7) is 6.91. The molecule has 2 aromatic carbocycles. The van der Waals surface area contributed by atoms with E-state index in [4.69, 9.17) is 0 Å². The molecule has 2 amide bonds. The Morgan fingerprint density at radius 2 is 1.80 bits per heavy atom.